The Hall–Kier alpha value is -2.78. The molecule has 8 heteroatoms. The van der Waals surface area contributed by atoms with E-state index < -0.39 is 6.10 Å². The Bertz CT molecular complexity index is 882. The van der Waals surface area contributed by atoms with Gasteiger partial charge in [0.25, 0.3) is 0 Å². The molecule has 2 heterocycles. The number of likely N-dealkylation sites (tertiary alicyclic amines) is 1. The molecule has 1 fully saturated rings. The SMILES string of the molecule is [O-]N(O)c1ccc(CN2CC(O)CC2c2nc(-c3ccccc3)no2)cc1. The molecular formula is C19H19N4O4-. The van der Waals surface area contributed by atoms with E-state index in [0.29, 0.717) is 31.2 Å². The van der Waals surface area contributed by atoms with Crippen molar-refractivity contribution in [2.75, 3.05) is 11.8 Å². The number of aliphatic hydroxyl groups is 1. The van der Waals surface area contributed by atoms with Crippen molar-refractivity contribution >= 4 is 5.69 Å². The number of aliphatic hydroxyl groups excluding tert-OH is 1. The number of benzene rings is 2. The highest BCUT2D eigenvalue weighted by atomic mass is 16.8. The summed E-state index contributed by atoms with van der Waals surface area (Å²) in [6.45, 7) is 1.04. The molecule has 8 nitrogen and oxygen atoms in total. The summed E-state index contributed by atoms with van der Waals surface area (Å²) < 4.78 is 5.47. The third kappa shape index (κ3) is 3.83. The first-order valence-corrected chi connectivity index (χ1v) is 8.66. The van der Waals surface area contributed by atoms with Crippen LogP contribution in [0, 0.1) is 5.21 Å². The molecule has 2 atom stereocenters. The smallest absolute Gasteiger partial charge is 0.244 e. The molecule has 1 aromatic heterocycles. The normalized spacial score (nSPS) is 20.1. The van der Waals surface area contributed by atoms with Crippen LogP contribution in [0.2, 0.25) is 0 Å². The third-order valence-corrected chi connectivity index (χ3v) is 4.68. The summed E-state index contributed by atoms with van der Waals surface area (Å²) in [7, 11) is 0. The summed E-state index contributed by atoms with van der Waals surface area (Å²) >= 11 is 0. The van der Waals surface area contributed by atoms with Crippen molar-refractivity contribution in [2.24, 2.45) is 0 Å². The second-order valence-corrected chi connectivity index (χ2v) is 6.60. The van der Waals surface area contributed by atoms with Crippen molar-refractivity contribution in [3.05, 3.63) is 71.3 Å². The fraction of sp³-hybridized carbons (Fsp3) is 0.263. The maximum Gasteiger partial charge on any atom is 0.244 e. The van der Waals surface area contributed by atoms with E-state index in [4.69, 9.17) is 9.73 Å². The quantitative estimate of drug-likeness (QED) is 0.663. The molecule has 2 unspecified atom stereocenters. The summed E-state index contributed by atoms with van der Waals surface area (Å²) in [5, 5.41) is 33.9. The molecule has 1 saturated heterocycles. The Morgan fingerprint density at radius 1 is 1.15 bits per heavy atom. The molecule has 2 aromatic carbocycles. The number of anilines is 1. The standard InChI is InChI=1S/C19H19N4O4/c24-16-10-17(19-20-18(21-27-19)14-4-2-1-3-5-14)22(12-16)11-13-6-8-15(9-7-13)23(25)26/h1-9,16-17,24-25H,10-12H2/q-1. The number of rotatable bonds is 5. The van der Waals surface area contributed by atoms with Gasteiger partial charge in [0.05, 0.1) is 17.8 Å². The summed E-state index contributed by atoms with van der Waals surface area (Å²) in [6, 6.07) is 16.0. The number of nitrogens with zero attached hydrogens (tertiary/aromatic N) is 4. The summed E-state index contributed by atoms with van der Waals surface area (Å²) in [5.74, 6) is 0.998. The highest BCUT2D eigenvalue weighted by Gasteiger charge is 2.35. The molecule has 140 valence electrons. The van der Waals surface area contributed by atoms with Gasteiger partial charge in [-0.15, -0.1) is 0 Å². The summed E-state index contributed by atoms with van der Waals surface area (Å²) in [4.78, 5) is 6.58. The Kier molecular flexibility index (Phi) is 4.87. The van der Waals surface area contributed by atoms with Gasteiger partial charge >= 0.3 is 0 Å². The molecule has 0 bridgehead atoms. The first-order chi connectivity index (χ1) is 13.1. The van der Waals surface area contributed by atoms with Gasteiger partial charge in [-0.05, 0) is 24.1 Å². The number of hydrogen-bond donors (Lipinski definition) is 2. The average molecular weight is 367 g/mol. The minimum absolute atomic E-state index is 0.168. The number of aromatic nitrogens is 2. The first-order valence-electron chi connectivity index (χ1n) is 8.66. The molecule has 2 N–H and O–H groups in total. The highest BCUT2D eigenvalue weighted by molar-refractivity contribution is 5.53. The van der Waals surface area contributed by atoms with Gasteiger partial charge in [0.1, 0.15) is 0 Å². The third-order valence-electron chi connectivity index (χ3n) is 4.68. The zero-order chi connectivity index (χ0) is 18.8. The van der Waals surface area contributed by atoms with Gasteiger partial charge in [0.2, 0.25) is 11.7 Å². The fourth-order valence-corrected chi connectivity index (χ4v) is 3.35. The van der Waals surface area contributed by atoms with Crippen LogP contribution in [0.15, 0.2) is 59.1 Å². The minimum atomic E-state index is -0.476. The van der Waals surface area contributed by atoms with E-state index >= 15 is 0 Å². The molecule has 1 aliphatic heterocycles. The average Bonchev–Trinajstić information content (AvgIpc) is 3.29. The van der Waals surface area contributed by atoms with Gasteiger partial charge in [-0.25, -0.2) is 0 Å². The molecule has 0 saturated carbocycles. The van der Waals surface area contributed by atoms with Crippen LogP contribution >= 0.6 is 0 Å². The van der Waals surface area contributed by atoms with Crippen LogP contribution in [0.3, 0.4) is 0 Å². The molecule has 4 rings (SSSR count). The molecule has 27 heavy (non-hydrogen) atoms. The molecular weight excluding hydrogens is 348 g/mol. The minimum Gasteiger partial charge on any atom is -0.733 e. The van der Waals surface area contributed by atoms with E-state index in [1.807, 2.05) is 30.3 Å². The van der Waals surface area contributed by atoms with Crippen LogP contribution in [0.5, 0.6) is 0 Å². The van der Waals surface area contributed by atoms with E-state index in [9.17, 15) is 10.3 Å². The monoisotopic (exact) mass is 367 g/mol. The Morgan fingerprint density at radius 2 is 1.89 bits per heavy atom. The van der Waals surface area contributed by atoms with Crippen molar-refractivity contribution < 1.29 is 14.8 Å². The Labute approximate surface area is 155 Å². The fourth-order valence-electron chi connectivity index (χ4n) is 3.35. The van der Waals surface area contributed by atoms with Crippen molar-refractivity contribution in [3.63, 3.8) is 0 Å². The Balaban J connectivity index is 1.52. The molecule has 0 spiro atoms. The van der Waals surface area contributed by atoms with Crippen LogP contribution in [-0.2, 0) is 6.54 Å². The predicted molar refractivity (Wildman–Crippen MR) is 97.6 cm³/mol. The van der Waals surface area contributed by atoms with E-state index in [1.54, 1.807) is 24.3 Å². The van der Waals surface area contributed by atoms with Crippen LogP contribution in [0.1, 0.15) is 23.9 Å². The summed E-state index contributed by atoms with van der Waals surface area (Å²) in [6.07, 6.45) is 0.0374. The highest BCUT2D eigenvalue weighted by Crippen LogP contribution is 2.33. The van der Waals surface area contributed by atoms with Crippen molar-refractivity contribution in [1.82, 2.24) is 15.0 Å². The molecule has 1 aliphatic rings. The van der Waals surface area contributed by atoms with Gasteiger partial charge < -0.3 is 20.1 Å². The maximum atomic E-state index is 10.9. The maximum absolute atomic E-state index is 10.9. The van der Waals surface area contributed by atoms with Crippen molar-refractivity contribution in [3.8, 4) is 11.4 Å². The van der Waals surface area contributed by atoms with Gasteiger partial charge in [0.15, 0.2) is 0 Å². The molecule has 0 amide bonds. The Morgan fingerprint density at radius 3 is 2.59 bits per heavy atom. The second kappa shape index (κ2) is 7.45. The lowest BCUT2D eigenvalue weighted by Gasteiger charge is -2.23. The van der Waals surface area contributed by atoms with Crippen LogP contribution in [0.25, 0.3) is 11.4 Å². The largest absolute Gasteiger partial charge is 0.733 e. The zero-order valence-electron chi connectivity index (χ0n) is 14.5. The second-order valence-electron chi connectivity index (χ2n) is 6.60. The van der Waals surface area contributed by atoms with Crippen molar-refractivity contribution in [2.45, 2.75) is 25.1 Å². The zero-order valence-corrected chi connectivity index (χ0v) is 14.5. The van der Waals surface area contributed by atoms with E-state index in [1.165, 1.54) is 0 Å². The topological polar surface area (TPSA) is 109 Å². The molecule has 0 aliphatic carbocycles. The van der Waals surface area contributed by atoms with E-state index in [0.717, 1.165) is 11.1 Å². The predicted octanol–water partition coefficient (Wildman–Crippen LogP) is 2.74. The number of β-amino-alcohol motifs (C(OH)–C–C–N with tert-alkyl or cyclic N) is 1. The number of hydrogen-bond acceptors (Lipinski definition) is 8. The van der Waals surface area contributed by atoms with Gasteiger partial charge in [-0.1, -0.05) is 47.6 Å². The van der Waals surface area contributed by atoms with Crippen LogP contribution < -0.4 is 5.23 Å². The van der Waals surface area contributed by atoms with Gasteiger partial charge in [-0.3, -0.25) is 10.1 Å². The molecule has 3 aromatic rings. The van der Waals surface area contributed by atoms with Gasteiger partial charge in [0, 0.05) is 18.7 Å². The van der Waals surface area contributed by atoms with Crippen LogP contribution in [0.4, 0.5) is 5.69 Å². The molecule has 0 radical (unpaired) electrons. The first kappa shape index (κ1) is 17.6. The van der Waals surface area contributed by atoms with Crippen molar-refractivity contribution in [1.29, 1.82) is 0 Å². The summed E-state index contributed by atoms with van der Waals surface area (Å²) in [5.41, 5.74) is 1.99. The van der Waals surface area contributed by atoms with Crippen LogP contribution in [-0.4, -0.2) is 38.0 Å². The van der Waals surface area contributed by atoms with E-state index in [2.05, 4.69) is 15.0 Å². The van der Waals surface area contributed by atoms with Gasteiger partial charge in [-0.2, -0.15) is 4.98 Å². The van der Waals surface area contributed by atoms with E-state index in [-0.39, 0.29) is 17.0 Å². The lowest BCUT2D eigenvalue weighted by molar-refractivity contribution is 0.169. The lowest BCUT2D eigenvalue weighted by atomic mass is 10.1. The lowest BCUT2D eigenvalue weighted by Crippen LogP contribution is -2.24.